The van der Waals surface area contributed by atoms with Gasteiger partial charge in [0.15, 0.2) is 17.5 Å². The number of nitrogens with two attached hydrogens (primary N) is 1. The van der Waals surface area contributed by atoms with Crippen molar-refractivity contribution < 1.29 is 13.7 Å². The number of ether oxygens (including phenoxy) is 2. The molecule has 0 saturated heterocycles. The van der Waals surface area contributed by atoms with Gasteiger partial charge < -0.3 is 20.5 Å². The molecule has 0 spiro atoms. The summed E-state index contributed by atoms with van der Waals surface area (Å²) in [6, 6.07) is 5.37. The summed E-state index contributed by atoms with van der Waals surface area (Å²) in [7, 11) is 2.21. The lowest BCUT2D eigenvalue weighted by molar-refractivity contribution is 0.355. The Bertz CT molecular complexity index is 553. The Balaban J connectivity index is 2.63. The van der Waals surface area contributed by atoms with Crippen molar-refractivity contribution in [3.63, 3.8) is 0 Å². The van der Waals surface area contributed by atoms with Gasteiger partial charge in [-0.3, -0.25) is 9.20 Å². The molecule has 3 N–H and O–H groups in total. The third kappa shape index (κ3) is 5.55. The molecule has 0 saturated carbocycles. The van der Waals surface area contributed by atoms with E-state index in [2.05, 4.69) is 10.3 Å². The predicted octanol–water partition coefficient (Wildman–Crippen LogP) is 1.98. The van der Waals surface area contributed by atoms with Gasteiger partial charge in [0.05, 0.1) is 20.8 Å². The molecule has 0 aliphatic rings. The van der Waals surface area contributed by atoms with Gasteiger partial charge in [-0.25, -0.2) is 0 Å². The normalized spacial score (nSPS) is 13.6. The van der Waals surface area contributed by atoms with Gasteiger partial charge in [0.1, 0.15) is 0 Å². The Kier molecular flexibility index (Phi) is 6.67. The third-order valence-electron chi connectivity index (χ3n) is 2.90. The standard InChI is InChI=1S/C15H25N3O3S/c1-15(2,3)22(19)9-8-17-14(16)18-11-6-7-12(20-4)13(10-11)21-5/h6-7,10H,8-9H2,1-5H3,(H3,16,17,18). The van der Waals surface area contributed by atoms with Crippen LogP contribution in [0.15, 0.2) is 23.2 Å². The Morgan fingerprint density at radius 2 is 1.91 bits per heavy atom. The van der Waals surface area contributed by atoms with Gasteiger partial charge in [-0.15, -0.1) is 0 Å². The Morgan fingerprint density at radius 3 is 2.45 bits per heavy atom. The van der Waals surface area contributed by atoms with Crippen molar-refractivity contribution in [3.8, 4) is 11.5 Å². The molecule has 22 heavy (non-hydrogen) atoms. The Labute approximate surface area is 134 Å². The average molecular weight is 327 g/mol. The number of nitrogens with one attached hydrogen (secondary N) is 1. The summed E-state index contributed by atoms with van der Waals surface area (Å²) in [5.41, 5.74) is 6.58. The summed E-state index contributed by atoms with van der Waals surface area (Å²) < 4.78 is 22.1. The summed E-state index contributed by atoms with van der Waals surface area (Å²) >= 11 is 0. The molecule has 0 heterocycles. The van der Waals surface area contributed by atoms with Crippen LogP contribution in [0.25, 0.3) is 0 Å². The van der Waals surface area contributed by atoms with Crippen molar-refractivity contribution in [1.29, 1.82) is 0 Å². The molecule has 1 unspecified atom stereocenters. The molecular weight excluding hydrogens is 302 g/mol. The number of rotatable bonds is 6. The number of nitrogens with zero attached hydrogens (tertiary/aromatic N) is 1. The Hall–Kier alpha value is -1.76. The van der Waals surface area contributed by atoms with Crippen LogP contribution in [-0.4, -0.2) is 41.4 Å². The first kappa shape index (κ1) is 18.3. The summed E-state index contributed by atoms with van der Waals surface area (Å²) in [5.74, 6) is 2.01. The fourth-order valence-corrected chi connectivity index (χ4v) is 2.53. The van der Waals surface area contributed by atoms with Crippen LogP contribution in [0.1, 0.15) is 20.8 Å². The number of methoxy groups -OCH3 is 2. The van der Waals surface area contributed by atoms with Crippen molar-refractivity contribution in [3.05, 3.63) is 18.2 Å². The number of aliphatic imine (C=N–C) groups is 1. The van der Waals surface area contributed by atoms with Gasteiger partial charge in [-0.1, -0.05) is 0 Å². The van der Waals surface area contributed by atoms with E-state index in [9.17, 15) is 4.21 Å². The molecule has 0 bridgehead atoms. The fourth-order valence-electron chi connectivity index (χ4n) is 1.66. The van der Waals surface area contributed by atoms with Crippen molar-refractivity contribution >= 4 is 22.4 Å². The van der Waals surface area contributed by atoms with E-state index in [-0.39, 0.29) is 10.7 Å². The van der Waals surface area contributed by atoms with E-state index in [1.807, 2.05) is 26.8 Å². The molecule has 0 amide bonds. The summed E-state index contributed by atoms with van der Waals surface area (Å²) in [4.78, 5) is 4.19. The number of benzene rings is 1. The average Bonchev–Trinajstić information content (AvgIpc) is 2.45. The van der Waals surface area contributed by atoms with Gasteiger partial charge in [-0.05, 0) is 32.9 Å². The van der Waals surface area contributed by atoms with Gasteiger partial charge in [-0.2, -0.15) is 0 Å². The second kappa shape index (κ2) is 8.03. The highest BCUT2D eigenvalue weighted by atomic mass is 32.2. The first-order valence-electron chi connectivity index (χ1n) is 6.95. The number of guanidine groups is 1. The van der Waals surface area contributed by atoms with Crippen LogP contribution in [0.5, 0.6) is 11.5 Å². The van der Waals surface area contributed by atoms with Crippen LogP contribution >= 0.6 is 0 Å². The quantitative estimate of drug-likeness (QED) is 0.616. The van der Waals surface area contributed by atoms with E-state index < -0.39 is 10.8 Å². The van der Waals surface area contributed by atoms with Crippen LogP contribution in [0.2, 0.25) is 0 Å². The van der Waals surface area contributed by atoms with Crippen molar-refractivity contribution in [2.45, 2.75) is 25.5 Å². The molecule has 0 radical (unpaired) electrons. The van der Waals surface area contributed by atoms with Crippen LogP contribution < -0.4 is 20.5 Å². The summed E-state index contributed by atoms with van der Waals surface area (Å²) in [6.45, 7) is 6.24. The zero-order chi connectivity index (χ0) is 16.8. The maximum absolute atomic E-state index is 11.9. The summed E-state index contributed by atoms with van der Waals surface area (Å²) in [6.07, 6.45) is 0. The molecular formula is C15H25N3O3S. The lowest BCUT2D eigenvalue weighted by Gasteiger charge is -2.16. The van der Waals surface area contributed by atoms with Crippen LogP contribution in [0, 0.1) is 0 Å². The van der Waals surface area contributed by atoms with E-state index in [0.717, 1.165) is 5.69 Å². The van der Waals surface area contributed by atoms with E-state index in [1.165, 1.54) is 0 Å². The van der Waals surface area contributed by atoms with Gasteiger partial charge in [0, 0.05) is 33.1 Å². The van der Waals surface area contributed by atoms with Gasteiger partial charge >= 0.3 is 0 Å². The highest BCUT2D eigenvalue weighted by Gasteiger charge is 2.18. The van der Waals surface area contributed by atoms with E-state index in [4.69, 9.17) is 15.2 Å². The van der Waals surface area contributed by atoms with Crippen molar-refractivity contribution in [2.75, 3.05) is 31.8 Å². The van der Waals surface area contributed by atoms with E-state index >= 15 is 0 Å². The molecule has 6 nitrogen and oxygen atoms in total. The minimum atomic E-state index is -0.937. The molecule has 0 aromatic heterocycles. The van der Waals surface area contributed by atoms with Crippen molar-refractivity contribution in [1.82, 2.24) is 0 Å². The third-order valence-corrected chi connectivity index (χ3v) is 4.82. The molecule has 1 rings (SSSR count). The first-order chi connectivity index (χ1) is 10.3. The van der Waals surface area contributed by atoms with Crippen molar-refractivity contribution in [2.24, 2.45) is 10.7 Å². The molecule has 7 heteroatoms. The summed E-state index contributed by atoms with van der Waals surface area (Å²) in [5, 5.41) is 2.97. The zero-order valence-electron chi connectivity index (χ0n) is 13.8. The molecule has 124 valence electrons. The fraction of sp³-hybridized carbons (Fsp3) is 0.533. The molecule has 1 aromatic carbocycles. The van der Waals surface area contributed by atoms with Gasteiger partial charge in [0.2, 0.25) is 0 Å². The lowest BCUT2D eigenvalue weighted by atomic mass is 10.3. The minimum Gasteiger partial charge on any atom is -0.493 e. The molecule has 0 fully saturated rings. The van der Waals surface area contributed by atoms with Gasteiger partial charge in [0.25, 0.3) is 0 Å². The monoisotopic (exact) mass is 327 g/mol. The highest BCUT2D eigenvalue weighted by molar-refractivity contribution is 7.86. The smallest absolute Gasteiger partial charge is 0.193 e. The van der Waals surface area contributed by atoms with Crippen LogP contribution in [-0.2, 0) is 10.8 Å². The van der Waals surface area contributed by atoms with E-state index in [0.29, 0.717) is 23.8 Å². The minimum absolute atomic E-state index is 0.235. The topological polar surface area (TPSA) is 85.9 Å². The van der Waals surface area contributed by atoms with Crippen LogP contribution in [0.3, 0.4) is 0 Å². The first-order valence-corrected chi connectivity index (χ1v) is 8.27. The Morgan fingerprint density at radius 1 is 1.27 bits per heavy atom. The van der Waals surface area contributed by atoms with Crippen LogP contribution in [0.4, 0.5) is 5.69 Å². The zero-order valence-corrected chi connectivity index (χ0v) is 14.6. The molecule has 0 aliphatic carbocycles. The molecule has 1 aromatic rings. The SMILES string of the molecule is COc1ccc(NC(N)=NCCS(=O)C(C)(C)C)cc1OC. The maximum atomic E-state index is 11.9. The number of anilines is 1. The second-order valence-corrected chi connectivity index (χ2v) is 7.95. The lowest BCUT2D eigenvalue weighted by Crippen LogP contribution is -2.27. The maximum Gasteiger partial charge on any atom is 0.193 e. The molecule has 0 aliphatic heterocycles. The molecule has 1 atom stereocenters. The predicted molar refractivity (Wildman–Crippen MR) is 92.4 cm³/mol. The second-order valence-electron chi connectivity index (χ2n) is 5.62. The largest absolute Gasteiger partial charge is 0.493 e. The number of hydrogen-bond donors (Lipinski definition) is 2. The highest BCUT2D eigenvalue weighted by Crippen LogP contribution is 2.29. The number of hydrogen-bond acceptors (Lipinski definition) is 4. The van der Waals surface area contributed by atoms with E-state index in [1.54, 1.807) is 26.4 Å².